The van der Waals surface area contributed by atoms with E-state index in [9.17, 15) is 4.39 Å². The van der Waals surface area contributed by atoms with Crippen molar-refractivity contribution < 1.29 is 13.5 Å². The first kappa shape index (κ1) is 28.1. The molecular formula is C33H33F2N5O. The molecule has 0 saturated carbocycles. The highest BCUT2D eigenvalue weighted by Gasteiger charge is 2.21. The molecule has 0 amide bonds. The Morgan fingerprint density at radius 1 is 1.05 bits per heavy atom. The lowest BCUT2D eigenvalue weighted by Crippen LogP contribution is -2.36. The Bertz CT molecular complexity index is 1690. The maximum Gasteiger partial charge on any atom is 0.137 e. The summed E-state index contributed by atoms with van der Waals surface area (Å²) in [4.78, 5) is 16.2. The predicted octanol–water partition coefficient (Wildman–Crippen LogP) is 7.70. The number of hydrogen-bond donors (Lipinski definition) is 1. The first-order valence-electron chi connectivity index (χ1n) is 13.6. The standard InChI is InChI=1S/C33H33F2N5O/c1-6-23(11-10-20(2)3)25-19-36-30(40-12-14-41-15-13-40)18-28(25)38-33-22(5)32(27-9-7-8-21(4)37-27)39-29-17-24(34)16-26(35)31(29)33/h6-11,16-19H,1,12-15H2,2-5H3,(H,36,38,39)/b23-11+. The topological polar surface area (TPSA) is 63.2 Å². The zero-order chi connectivity index (χ0) is 29.1. The lowest BCUT2D eigenvalue weighted by atomic mass is 10.0. The van der Waals surface area contributed by atoms with Crippen molar-refractivity contribution >= 4 is 33.7 Å². The van der Waals surface area contributed by atoms with Gasteiger partial charge in [0, 0.05) is 54.3 Å². The molecule has 0 atom stereocenters. The fourth-order valence-corrected chi connectivity index (χ4v) is 4.89. The van der Waals surface area contributed by atoms with Crippen LogP contribution in [0.5, 0.6) is 0 Å². The van der Waals surface area contributed by atoms with Crippen molar-refractivity contribution in [2.24, 2.45) is 0 Å². The van der Waals surface area contributed by atoms with Crippen LogP contribution in [0.1, 0.15) is 30.7 Å². The van der Waals surface area contributed by atoms with Gasteiger partial charge in [-0.15, -0.1) is 0 Å². The summed E-state index contributed by atoms with van der Waals surface area (Å²) >= 11 is 0. The smallest absolute Gasteiger partial charge is 0.137 e. The van der Waals surface area contributed by atoms with E-state index in [4.69, 9.17) is 9.72 Å². The van der Waals surface area contributed by atoms with Crippen molar-refractivity contribution in [3.8, 4) is 11.4 Å². The van der Waals surface area contributed by atoms with E-state index < -0.39 is 11.6 Å². The molecular weight excluding hydrogens is 520 g/mol. The lowest BCUT2D eigenvalue weighted by Gasteiger charge is -2.29. The van der Waals surface area contributed by atoms with Crippen LogP contribution in [0.3, 0.4) is 0 Å². The summed E-state index contributed by atoms with van der Waals surface area (Å²) in [6, 6.07) is 9.72. The summed E-state index contributed by atoms with van der Waals surface area (Å²) < 4.78 is 35.4. The number of morpholine rings is 1. The van der Waals surface area contributed by atoms with Crippen molar-refractivity contribution in [2.45, 2.75) is 27.7 Å². The van der Waals surface area contributed by atoms with Crippen LogP contribution in [-0.2, 0) is 4.74 Å². The number of nitrogens with one attached hydrogen (secondary N) is 1. The van der Waals surface area contributed by atoms with Gasteiger partial charge in [0.05, 0.1) is 46.9 Å². The van der Waals surface area contributed by atoms with E-state index in [2.05, 4.69) is 26.8 Å². The van der Waals surface area contributed by atoms with Crippen molar-refractivity contribution in [3.05, 3.63) is 101 Å². The number of halogens is 2. The van der Waals surface area contributed by atoms with Gasteiger partial charge >= 0.3 is 0 Å². The number of rotatable bonds is 7. The van der Waals surface area contributed by atoms with E-state index >= 15 is 4.39 Å². The minimum Gasteiger partial charge on any atom is -0.378 e. The number of pyridine rings is 3. The predicted molar refractivity (Wildman–Crippen MR) is 163 cm³/mol. The van der Waals surface area contributed by atoms with Crippen molar-refractivity contribution in [1.29, 1.82) is 0 Å². The lowest BCUT2D eigenvalue weighted by molar-refractivity contribution is 0.122. The number of fused-ring (bicyclic) bond motifs is 1. The number of allylic oxidation sites excluding steroid dienone is 5. The SMILES string of the molecule is C=C/C(=C\C=C(C)C)c1cnc(N2CCOCC2)cc1Nc1c(C)c(-c2cccc(C)n2)nc2cc(F)cc(F)c12. The molecule has 6 nitrogen and oxygen atoms in total. The molecule has 0 aliphatic carbocycles. The molecule has 4 heterocycles. The molecule has 4 aromatic rings. The zero-order valence-electron chi connectivity index (χ0n) is 23.8. The van der Waals surface area contributed by atoms with E-state index in [0.29, 0.717) is 54.6 Å². The number of benzene rings is 1. The van der Waals surface area contributed by atoms with Gasteiger partial charge in [0.1, 0.15) is 17.5 Å². The number of anilines is 3. The van der Waals surface area contributed by atoms with Gasteiger partial charge in [-0.25, -0.2) is 18.7 Å². The number of aromatic nitrogens is 3. The fourth-order valence-electron chi connectivity index (χ4n) is 4.89. The third-order valence-corrected chi connectivity index (χ3v) is 6.99. The van der Waals surface area contributed by atoms with E-state index in [1.807, 2.05) is 64.1 Å². The first-order chi connectivity index (χ1) is 19.7. The highest BCUT2D eigenvalue weighted by Crippen LogP contribution is 2.39. The second kappa shape index (κ2) is 12.0. The van der Waals surface area contributed by atoms with Gasteiger partial charge in [-0.1, -0.05) is 36.4 Å². The maximum atomic E-state index is 15.5. The van der Waals surface area contributed by atoms with Crippen LogP contribution in [0.25, 0.3) is 27.9 Å². The van der Waals surface area contributed by atoms with Gasteiger partial charge in [0.2, 0.25) is 0 Å². The summed E-state index contributed by atoms with van der Waals surface area (Å²) in [6.45, 7) is 14.5. The van der Waals surface area contributed by atoms with E-state index in [0.717, 1.165) is 34.3 Å². The molecule has 0 unspecified atom stereocenters. The number of hydrogen-bond acceptors (Lipinski definition) is 6. The molecule has 8 heteroatoms. The van der Waals surface area contributed by atoms with Crippen LogP contribution >= 0.6 is 0 Å². The average molecular weight is 554 g/mol. The second-order valence-electron chi connectivity index (χ2n) is 10.3. The highest BCUT2D eigenvalue weighted by molar-refractivity contribution is 5.99. The van der Waals surface area contributed by atoms with Gasteiger partial charge in [-0.3, -0.25) is 4.98 Å². The Hall–Kier alpha value is -4.43. The minimum atomic E-state index is -0.699. The fraction of sp³-hybridized carbons (Fsp3) is 0.242. The van der Waals surface area contributed by atoms with Crippen LogP contribution in [0.15, 0.2) is 73.0 Å². The molecule has 0 radical (unpaired) electrons. The molecule has 1 fully saturated rings. The van der Waals surface area contributed by atoms with Crippen LogP contribution < -0.4 is 10.2 Å². The summed E-state index contributed by atoms with van der Waals surface area (Å²) in [6.07, 6.45) is 7.56. The van der Waals surface area contributed by atoms with Crippen molar-refractivity contribution in [2.75, 3.05) is 36.5 Å². The normalized spacial score (nSPS) is 13.8. The molecule has 5 rings (SSSR count). The molecule has 1 aliphatic heterocycles. The Morgan fingerprint density at radius 3 is 2.54 bits per heavy atom. The average Bonchev–Trinajstić information content (AvgIpc) is 2.95. The Morgan fingerprint density at radius 2 is 1.83 bits per heavy atom. The van der Waals surface area contributed by atoms with E-state index in [1.165, 1.54) is 6.07 Å². The first-order valence-corrected chi connectivity index (χ1v) is 13.6. The molecule has 210 valence electrons. The Balaban J connectivity index is 1.75. The molecule has 1 aromatic carbocycles. The minimum absolute atomic E-state index is 0.196. The number of aryl methyl sites for hydroxylation is 1. The summed E-state index contributed by atoms with van der Waals surface area (Å²) in [5.41, 5.74) is 6.82. The maximum absolute atomic E-state index is 15.5. The van der Waals surface area contributed by atoms with E-state index in [1.54, 1.807) is 12.3 Å². The quantitative estimate of drug-likeness (QED) is 0.237. The molecule has 1 saturated heterocycles. The summed E-state index contributed by atoms with van der Waals surface area (Å²) in [5, 5.41) is 3.71. The monoisotopic (exact) mass is 553 g/mol. The van der Waals surface area contributed by atoms with Crippen molar-refractivity contribution in [3.63, 3.8) is 0 Å². The summed E-state index contributed by atoms with van der Waals surface area (Å²) in [5.74, 6) is -0.624. The van der Waals surface area contributed by atoms with Crippen LogP contribution in [0, 0.1) is 25.5 Å². The molecule has 0 bridgehead atoms. The number of nitrogens with zero attached hydrogens (tertiary/aromatic N) is 4. The second-order valence-corrected chi connectivity index (χ2v) is 10.3. The third kappa shape index (κ3) is 6.02. The molecule has 1 aliphatic rings. The van der Waals surface area contributed by atoms with Crippen molar-refractivity contribution in [1.82, 2.24) is 15.0 Å². The Labute approximate surface area is 239 Å². The van der Waals surface area contributed by atoms with Crippen LogP contribution in [0.2, 0.25) is 0 Å². The molecule has 0 spiro atoms. The summed E-state index contributed by atoms with van der Waals surface area (Å²) in [7, 11) is 0. The van der Waals surface area contributed by atoms with Gasteiger partial charge < -0.3 is 15.0 Å². The van der Waals surface area contributed by atoms with Gasteiger partial charge in [0.15, 0.2) is 0 Å². The molecule has 3 aromatic heterocycles. The number of ether oxygens (including phenoxy) is 1. The highest BCUT2D eigenvalue weighted by atomic mass is 19.1. The van der Waals surface area contributed by atoms with Crippen LogP contribution in [-0.4, -0.2) is 41.3 Å². The van der Waals surface area contributed by atoms with Gasteiger partial charge in [0.25, 0.3) is 0 Å². The van der Waals surface area contributed by atoms with Crippen LogP contribution in [0.4, 0.5) is 26.0 Å². The zero-order valence-corrected chi connectivity index (χ0v) is 23.8. The van der Waals surface area contributed by atoms with E-state index in [-0.39, 0.29) is 10.9 Å². The Kier molecular flexibility index (Phi) is 8.21. The largest absolute Gasteiger partial charge is 0.378 e. The molecule has 1 N–H and O–H groups in total. The third-order valence-electron chi connectivity index (χ3n) is 6.99. The molecule has 41 heavy (non-hydrogen) atoms. The van der Waals surface area contributed by atoms with Gasteiger partial charge in [-0.2, -0.15) is 0 Å². The van der Waals surface area contributed by atoms with Gasteiger partial charge in [-0.05, 0) is 45.4 Å².